The summed E-state index contributed by atoms with van der Waals surface area (Å²) in [7, 11) is -0.199. The van der Waals surface area contributed by atoms with E-state index in [1.54, 1.807) is 12.1 Å². The van der Waals surface area contributed by atoms with Gasteiger partial charge < -0.3 is 9.45 Å². The van der Waals surface area contributed by atoms with Gasteiger partial charge in [0.15, 0.2) is 17.9 Å². The Hall–Kier alpha value is -2.70. The van der Waals surface area contributed by atoms with Crippen molar-refractivity contribution in [3.05, 3.63) is 90.3 Å². The zero-order chi connectivity index (χ0) is 29.4. The third kappa shape index (κ3) is 11.8. The van der Waals surface area contributed by atoms with E-state index in [4.69, 9.17) is 0 Å². The second-order valence-corrected chi connectivity index (χ2v) is 12.7. The van der Waals surface area contributed by atoms with Gasteiger partial charge in [-0.1, -0.05) is 107 Å². The molecule has 6 heteroatoms. The third-order valence-electron chi connectivity index (χ3n) is 7.48. The molecule has 1 aromatic heterocycles. The Balaban J connectivity index is 0.000000285. The van der Waals surface area contributed by atoms with Crippen LogP contribution in [0, 0.1) is 0 Å². The number of unbranched alkanes of at least 4 members (excludes halogenated alkanes) is 9. The topological polar surface area (TPSA) is 64.3 Å². The first-order chi connectivity index (χ1) is 19.1. The van der Waals surface area contributed by atoms with Crippen LogP contribution < -0.4 is 9.47 Å². The number of pyridine rings is 1. The predicted molar refractivity (Wildman–Crippen MR) is 166 cm³/mol. The monoisotopic (exact) mass is 566 g/mol. The molecule has 0 aliphatic heterocycles. The average Bonchev–Trinajstić information content (AvgIpc) is 2.95. The second-order valence-electron chi connectivity index (χ2n) is 11.3. The van der Waals surface area contributed by atoms with Gasteiger partial charge in [0.2, 0.25) is 0 Å². The van der Waals surface area contributed by atoms with E-state index in [9.17, 15) is 13.0 Å². The van der Waals surface area contributed by atoms with E-state index in [-0.39, 0.29) is 10.4 Å². The fourth-order valence-corrected chi connectivity index (χ4v) is 5.19. The molecule has 220 valence electrons. The summed E-state index contributed by atoms with van der Waals surface area (Å²) in [5.41, 5.74) is 3.60. The van der Waals surface area contributed by atoms with Gasteiger partial charge in [0, 0.05) is 51.3 Å². The third-order valence-corrected chi connectivity index (χ3v) is 8.33. The molecule has 0 radical (unpaired) electrons. The minimum atomic E-state index is -4.31. The fourth-order valence-electron chi connectivity index (χ4n) is 4.72. The van der Waals surface area contributed by atoms with E-state index in [0.29, 0.717) is 0 Å². The van der Waals surface area contributed by atoms with E-state index < -0.39 is 10.1 Å². The molecule has 0 aliphatic rings. The summed E-state index contributed by atoms with van der Waals surface area (Å²) in [4.78, 5) is 1.97. The molecule has 0 spiro atoms. The molecule has 0 aliphatic carbocycles. The maximum atomic E-state index is 10.8. The van der Waals surface area contributed by atoms with Gasteiger partial charge in [-0.05, 0) is 30.5 Å². The molecule has 5 nitrogen and oxygen atoms in total. The fraction of sp³-hybridized carbons (Fsp3) is 0.500. The van der Waals surface area contributed by atoms with Crippen LogP contribution in [0.3, 0.4) is 0 Å². The summed E-state index contributed by atoms with van der Waals surface area (Å²) >= 11 is 0. The number of hydrogen-bond donors (Lipinski definition) is 0. The van der Waals surface area contributed by atoms with Crippen LogP contribution in [0.25, 0.3) is 0 Å². The standard InChI is InChI=1S/C18H30O3S.C16H21N2/c1-2-3-4-5-6-7-8-9-10-11-12-17-13-15-18(16-14-17)22(19,20)21;1-16(2,14-8-6-5-7-9-14)18-12-10-15(11-13-18)17(3)4/h13-16H,2-12H2,1H3,(H,19,20,21);5-13H,1-4H3/q;+1/p-1. The molecule has 0 atom stereocenters. The van der Waals surface area contributed by atoms with Crippen molar-refractivity contribution in [1.82, 2.24) is 0 Å². The molecule has 0 saturated heterocycles. The van der Waals surface area contributed by atoms with Gasteiger partial charge in [0.05, 0.1) is 4.90 Å². The normalized spacial score (nSPS) is 11.6. The van der Waals surface area contributed by atoms with E-state index >= 15 is 0 Å². The molecule has 40 heavy (non-hydrogen) atoms. The van der Waals surface area contributed by atoms with Crippen LogP contribution in [0.15, 0.2) is 84.0 Å². The van der Waals surface area contributed by atoms with Crippen molar-refractivity contribution in [2.75, 3.05) is 19.0 Å². The van der Waals surface area contributed by atoms with E-state index in [0.717, 1.165) is 18.4 Å². The number of aromatic nitrogens is 1. The van der Waals surface area contributed by atoms with Crippen molar-refractivity contribution >= 4 is 15.8 Å². The SMILES string of the molecule is CCCCCCCCCCCCc1ccc(S(=O)(=O)[O-])cc1.CN(C)c1cc[n+](C(C)(C)c2ccccc2)cc1. The number of nitrogens with zero attached hydrogens (tertiary/aromatic N) is 2. The number of hydrogen-bond acceptors (Lipinski definition) is 4. The summed E-state index contributed by atoms with van der Waals surface area (Å²) in [6.07, 6.45) is 18.3. The van der Waals surface area contributed by atoms with Gasteiger partial charge in [0.25, 0.3) is 0 Å². The number of rotatable bonds is 15. The van der Waals surface area contributed by atoms with Crippen LogP contribution in [0.1, 0.15) is 96.1 Å². The molecular formula is C34H50N2O3S. The quantitative estimate of drug-likeness (QED) is 0.107. The molecule has 0 amide bonds. The molecule has 3 aromatic rings. The summed E-state index contributed by atoms with van der Waals surface area (Å²) in [5, 5.41) is 0. The maximum absolute atomic E-state index is 10.8. The van der Waals surface area contributed by atoms with Gasteiger partial charge in [0.1, 0.15) is 10.1 Å². The zero-order valence-corrected chi connectivity index (χ0v) is 26.1. The van der Waals surface area contributed by atoms with Crippen molar-refractivity contribution in [1.29, 1.82) is 0 Å². The Kier molecular flexibility index (Phi) is 14.4. The summed E-state index contributed by atoms with van der Waals surface area (Å²) < 4.78 is 34.7. The van der Waals surface area contributed by atoms with Crippen LogP contribution >= 0.6 is 0 Å². The van der Waals surface area contributed by atoms with Gasteiger partial charge >= 0.3 is 0 Å². The lowest BCUT2D eigenvalue weighted by Crippen LogP contribution is -2.52. The van der Waals surface area contributed by atoms with Gasteiger partial charge in [-0.3, -0.25) is 0 Å². The van der Waals surface area contributed by atoms with Crippen LogP contribution in [-0.4, -0.2) is 27.1 Å². The minimum absolute atomic E-state index is 0.0356. The maximum Gasteiger partial charge on any atom is 0.187 e. The molecule has 2 aromatic carbocycles. The number of aryl methyl sites for hydroxylation is 1. The van der Waals surface area contributed by atoms with Crippen LogP contribution in [0.2, 0.25) is 0 Å². The van der Waals surface area contributed by atoms with Crippen LogP contribution in [-0.2, 0) is 22.1 Å². The van der Waals surface area contributed by atoms with E-state index in [1.807, 2.05) is 0 Å². The first-order valence-electron chi connectivity index (χ1n) is 14.8. The summed E-state index contributed by atoms with van der Waals surface area (Å²) in [6, 6.07) is 21.2. The minimum Gasteiger partial charge on any atom is -0.744 e. The van der Waals surface area contributed by atoms with E-state index in [2.05, 4.69) is 99.2 Å². The Bertz CT molecular complexity index is 1190. The molecule has 0 fully saturated rings. The highest BCUT2D eigenvalue weighted by Gasteiger charge is 2.30. The largest absolute Gasteiger partial charge is 0.744 e. The molecule has 0 bridgehead atoms. The highest BCUT2D eigenvalue weighted by atomic mass is 32.2. The molecule has 0 N–H and O–H groups in total. The zero-order valence-electron chi connectivity index (χ0n) is 25.3. The average molecular weight is 567 g/mol. The number of benzene rings is 2. The molecule has 0 saturated carbocycles. The van der Waals surface area contributed by atoms with Crippen molar-refractivity contribution in [2.45, 2.75) is 102 Å². The summed E-state index contributed by atoms with van der Waals surface area (Å²) in [6.45, 7) is 6.71. The smallest absolute Gasteiger partial charge is 0.187 e. The Labute approximate surface area is 244 Å². The molecule has 3 rings (SSSR count). The second kappa shape index (κ2) is 17.2. The molecular weight excluding hydrogens is 516 g/mol. The van der Waals surface area contributed by atoms with Crippen molar-refractivity contribution < 1.29 is 17.5 Å². The van der Waals surface area contributed by atoms with Crippen molar-refractivity contribution in [3.63, 3.8) is 0 Å². The van der Waals surface area contributed by atoms with Crippen molar-refractivity contribution in [2.24, 2.45) is 0 Å². The lowest BCUT2D eigenvalue weighted by Gasteiger charge is -2.20. The van der Waals surface area contributed by atoms with Gasteiger partial charge in [-0.15, -0.1) is 0 Å². The van der Waals surface area contributed by atoms with Crippen molar-refractivity contribution in [3.8, 4) is 0 Å². The highest BCUT2D eigenvalue weighted by molar-refractivity contribution is 7.85. The van der Waals surface area contributed by atoms with E-state index in [1.165, 1.54) is 81.2 Å². The highest BCUT2D eigenvalue weighted by Crippen LogP contribution is 2.20. The molecule has 1 heterocycles. The first-order valence-corrected chi connectivity index (χ1v) is 16.3. The first kappa shape index (κ1) is 33.5. The Morgan fingerprint density at radius 3 is 1.70 bits per heavy atom. The number of anilines is 1. The van der Waals surface area contributed by atoms with Crippen LogP contribution in [0.4, 0.5) is 5.69 Å². The summed E-state index contributed by atoms with van der Waals surface area (Å²) in [5.74, 6) is 0. The lowest BCUT2D eigenvalue weighted by atomic mass is 9.94. The Morgan fingerprint density at radius 2 is 1.23 bits per heavy atom. The van der Waals surface area contributed by atoms with Crippen LogP contribution in [0.5, 0.6) is 0 Å². The Morgan fingerprint density at radius 1 is 0.725 bits per heavy atom. The molecule has 0 unspecified atom stereocenters. The van der Waals surface area contributed by atoms with Gasteiger partial charge in [-0.2, -0.15) is 4.57 Å². The van der Waals surface area contributed by atoms with Gasteiger partial charge in [-0.25, -0.2) is 8.42 Å². The lowest BCUT2D eigenvalue weighted by molar-refractivity contribution is -0.747. The predicted octanol–water partition coefficient (Wildman–Crippen LogP) is 7.88.